The standard InChI is InChI=1S/C7H12N4.2C2H6/c1-10-2-3-11-6(5-10)4-7(8)9-11;2*1-2/h4H,2-3,5H2,1H3,(H2,8,9);2*1-2H3. The van der Waals surface area contributed by atoms with Crippen molar-refractivity contribution >= 4 is 5.82 Å². The largest absolute Gasteiger partial charge is 0.382 e. The van der Waals surface area contributed by atoms with Gasteiger partial charge >= 0.3 is 0 Å². The molecule has 0 saturated carbocycles. The highest BCUT2D eigenvalue weighted by Gasteiger charge is 2.13. The first-order valence-electron chi connectivity index (χ1n) is 5.76. The van der Waals surface area contributed by atoms with Crippen LogP contribution in [0.4, 0.5) is 5.82 Å². The van der Waals surface area contributed by atoms with Gasteiger partial charge in [-0.3, -0.25) is 9.58 Å². The van der Waals surface area contributed by atoms with E-state index >= 15 is 0 Å². The molecule has 1 aliphatic heterocycles. The van der Waals surface area contributed by atoms with Crippen LogP contribution >= 0.6 is 0 Å². The molecule has 0 unspecified atom stereocenters. The normalized spacial score (nSPS) is 14.2. The van der Waals surface area contributed by atoms with Crippen molar-refractivity contribution in [2.45, 2.75) is 40.8 Å². The number of hydrogen-bond donors (Lipinski definition) is 1. The molecule has 1 aromatic heterocycles. The fourth-order valence-corrected chi connectivity index (χ4v) is 1.42. The Morgan fingerprint density at radius 1 is 1.20 bits per heavy atom. The molecule has 0 aromatic carbocycles. The van der Waals surface area contributed by atoms with Gasteiger partial charge in [-0.25, -0.2) is 0 Å². The van der Waals surface area contributed by atoms with Gasteiger partial charge in [-0.15, -0.1) is 0 Å². The van der Waals surface area contributed by atoms with Gasteiger partial charge < -0.3 is 5.73 Å². The first-order valence-corrected chi connectivity index (χ1v) is 5.76. The number of nitrogen functional groups attached to an aromatic ring is 1. The van der Waals surface area contributed by atoms with Crippen molar-refractivity contribution < 1.29 is 0 Å². The van der Waals surface area contributed by atoms with Crippen LogP contribution in [0.5, 0.6) is 0 Å². The van der Waals surface area contributed by atoms with Gasteiger partial charge in [-0.05, 0) is 7.05 Å². The zero-order valence-corrected chi connectivity index (χ0v) is 10.6. The zero-order valence-electron chi connectivity index (χ0n) is 10.6. The highest BCUT2D eigenvalue weighted by Crippen LogP contribution is 2.12. The summed E-state index contributed by atoms with van der Waals surface area (Å²) >= 11 is 0. The molecule has 2 heterocycles. The Balaban J connectivity index is 0.000000442. The van der Waals surface area contributed by atoms with Crippen LogP contribution in [-0.2, 0) is 13.1 Å². The van der Waals surface area contributed by atoms with Crippen molar-refractivity contribution in [3.63, 3.8) is 0 Å². The SMILES string of the molecule is CC.CC.CN1CCn2nc(N)cc2C1. The Morgan fingerprint density at radius 2 is 1.80 bits per heavy atom. The second kappa shape index (κ2) is 7.29. The van der Waals surface area contributed by atoms with Gasteiger partial charge in [0.05, 0.1) is 12.2 Å². The van der Waals surface area contributed by atoms with Crippen molar-refractivity contribution in [2.24, 2.45) is 0 Å². The van der Waals surface area contributed by atoms with Gasteiger partial charge in [-0.1, -0.05) is 27.7 Å². The summed E-state index contributed by atoms with van der Waals surface area (Å²) in [5.74, 6) is 0.635. The van der Waals surface area contributed by atoms with E-state index in [-0.39, 0.29) is 0 Å². The number of anilines is 1. The van der Waals surface area contributed by atoms with E-state index in [1.54, 1.807) is 0 Å². The number of fused-ring (bicyclic) bond motifs is 1. The average Bonchev–Trinajstić information content (AvgIpc) is 2.63. The molecular formula is C11H24N4. The molecule has 0 radical (unpaired) electrons. The Bertz CT molecular complexity index is 268. The lowest BCUT2D eigenvalue weighted by molar-refractivity contribution is 0.259. The summed E-state index contributed by atoms with van der Waals surface area (Å²) in [7, 11) is 2.10. The summed E-state index contributed by atoms with van der Waals surface area (Å²) in [5, 5.41) is 4.15. The first kappa shape index (κ1) is 14.0. The van der Waals surface area contributed by atoms with Crippen molar-refractivity contribution in [3.05, 3.63) is 11.8 Å². The summed E-state index contributed by atoms with van der Waals surface area (Å²) < 4.78 is 1.98. The van der Waals surface area contributed by atoms with E-state index < -0.39 is 0 Å². The van der Waals surface area contributed by atoms with Crippen LogP contribution in [-0.4, -0.2) is 28.3 Å². The molecule has 0 atom stereocenters. The fourth-order valence-electron chi connectivity index (χ4n) is 1.42. The Hall–Kier alpha value is -1.03. The molecule has 2 N–H and O–H groups in total. The second-order valence-electron chi connectivity index (χ2n) is 3.02. The van der Waals surface area contributed by atoms with Crippen LogP contribution in [0, 0.1) is 0 Å². The summed E-state index contributed by atoms with van der Waals surface area (Å²) in [4.78, 5) is 2.26. The zero-order chi connectivity index (χ0) is 11.8. The van der Waals surface area contributed by atoms with Crippen LogP contribution in [0.2, 0.25) is 0 Å². The van der Waals surface area contributed by atoms with Gasteiger partial charge in [0.15, 0.2) is 0 Å². The van der Waals surface area contributed by atoms with Crippen molar-refractivity contribution in [1.82, 2.24) is 14.7 Å². The average molecular weight is 212 g/mol. The molecular weight excluding hydrogens is 188 g/mol. The highest BCUT2D eigenvalue weighted by atomic mass is 15.3. The monoisotopic (exact) mass is 212 g/mol. The molecule has 0 bridgehead atoms. The number of rotatable bonds is 0. The van der Waals surface area contributed by atoms with Crippen molar-refractivity contribution in [2.75, 3.05) is 19.3 Å². The number of hydrogen-bond acceptors (Lipinski definition) is 3. The minimum atomic E-state index is 0.635. The van der Waals surface area contributed by atoms with E-state index in [1.165, 1.54) is 5.69 Å². The van der Waals surface area contributed by atoms with E-state index in [2.05, 4.69) is 17.0 Å². The maximum Gasteiger partial charge on any atom is 0.145 e. The van der Waals surface area contributed by atoms with E-state index in [0.717, 1.165) is 19.6 Å². The van der Waals surface area contributed by atoms with Crippen molar-refractivity contribution in [3.8, 4) is 0 Å². The minimum absolute atomic E-state index is 0.635. The number of likely N-dealkylation sites (N-methyl/N-ethyl adjacent to an activating group) is 1. The minimum Gasteiger partial charge on any atom is -0.382 e. The maximum absolute atomic E-state index is 5.55. The molecule has 15 heavy (non-hydrogen) atoms. The molecule has 0 amide bonds. The molecule has 1 aliphatic rings. The van der Waals surface area contributed by atoms with Crippen LogP contribution in [0.3, 0.4) is 0 Å². The Morgan fingerprint density at radius 3 is 2.40 bits per heavy atom. The molecule has 0 saturated heterocycles. The lowest BCUT2D eigenvalue weighted by atomic mass is 10.3. The molecule has 2 rings (SSSR count). The van der Waals surface area contributed by atoms with Gasteiger partial charge in [-0.2, -0.15) is 5.10 Å². The third-order valence-corrected chi connectivity index (χ3v) is 2.01. The number of nitrogens with two attached hydrogens (primary N) is 1. The van der Waals surface area contributed by atoms with Crippen LogP contribution in [0.25, 0.3) is 0 Å². The maximum atomic E-state index is 5.55. The third-order valence-electron chi connectivity index (χ3n) is 2.01. The highest BCUT2D eigenvalue weighted by molar-refractivity contribution is 5.29. The molecule has 0 fully saturated rings. The van der Waals surface area contributed by atoms with Gasteiger partial charge in [0, 0.05) is 19.2 Å². The van der Waals surface area contributed by atoms with Gasteiger partial charge in [0.1, 0.15) is 5.82 Å². The number of aromatic nitrogens is 2. The lowest BCUT2D eigenvalue weighted by Gasteiger charge is -2.22. The smallest absolute Gasteiger partial charge is 0.145 e. The van der Waals surface area contributed by atoms with E-state index in [1.807, 2.05) is 38.4 Å². The third kappa shape index (κ3) is 3.91. The van der Waals surface area contributed by atoms with Crippen LogP contribution in [0.1, 0.15) is 33.4 Å². The Kier molecular flexibility index (Phi) is 6.79. The molecule has 0 spiro atoms. The molecule has 4 heteroatoms. The van der Waals surface area contributed by atoms with Crippen molar-refractivity contribution in [1.29, 1.82) is 0 Å². The summed E-state index contributed by atoms with van der Waals surface area (Å²) in [5.41, 5.74) is 6.77. The Labute approximate surface area is 93.1 Å². The quantitative estimate of drug-likeness (QED) is 0.715. The van der Waals surface area contributed by atoms with E-state index in [0.29, 0.717) is 5.82 Å². The fraction of sp³-hybridized carbons (Fsp3) is 0.727. The molecule has 0 aliphatic carbocycles. The summed E-state index contributed by atoms with van der Waals surface area (Å²) in [6.07, 6.45) is 0. The van der Waals surface area contributed by atoms with E-state index in [4.69, 9.17) is 5.73 Å². The number of nitrogens with zero attached hydrogens (tertiary/aromatic N) is 3. The second-order valence-corrected chi connectivity index (χ2v) is 3.02. The molecule has 4 nitrogen and oxygen atoms in total. The topological polar surface area (TPSA) is 47.1 Å². The molecule has 1 aromatic rings. The van der Waals surface area contributed by atoms with Crippen LogP contribution < -0.4 is 5.73 Å². The van der Waals surface area contributed by atoms with Gasteiger partial charge in [0.25, 0.3) is 0 Å². The van der Waals surface area contributed by atoms with Gasteiger partial charge in [0.2, 0.25) is 0 Å². The van der Waals surface area contributed by atoms with E-state index in [9.17, 15) is 0 Å². The lowest BCUT2D eigenvalue weighted by Crippen LogP contribution is -2.30. The predicted octanol–water partition coefficient (Wildman–Crippen LogP) is 1.96. The predicted molar refractivity (Wildman–Crippen MR) is 65.7 cm³/mol. The van der Waals surface area contributed by atoms with Crippen LogP contribution in [0.15, 0.2) is 6.07 Å². The summed E-state index contributed by atoms with van der Waals surface area (Å²) in [6.45, 7) is 11.0. The first-order chi connectivity index (χ1) is 7.25. The molecule has 88 valence electrons. The summed E-state index contributed by atoms with van der Waals surface area (Å²) in [6, 6.07) is 1.94.